The summed E-state index contributed by atoms with van der Waals surface area (Å²) in [7, 11) is 0. The Labute approximate surface area is 119 Å². The van der Waals surface area contributed by atoms with E-state index in [0.29, 0.717) is 0 Å². The van der Waals surface area contributed by atoms with Gasteiger partial charge in [0.1, 0.15) is 11.6 Å². The van der Waals surface area contributed by atoms with Crippen LogP contribution in [0.25, 0.3) is 0 Å². The van der Waals surface area contributed by atoms with Gasteiger partial charge >= 0.3 is 0 Å². The van der Waals surface area contributed by atoms with E-state index in [1.54, 1.807) is 13.8 Å². The maximum atomic E-state index is 12.3. The molecule has 2 nitrogen and oxygen atoms in total. The van der Waals surface area contributed by atoms with Gasteiger partial charge in [-0.05, 0) is 33.1 Å². The van der Waals surface area contributed by atoms with Crippen molar-refractivity contribution >= 4 is 11.6 Å². The zero-order valence-corrected chi connectivity index (χ0v) is 13.6. The molecule has 0 amide bonds. The van der Waals surface area contributed by atoms with Crippen LogP contribution in [0, 0.1) is 11.3 Å². The lowest BCUT2D eigenvalue weighted by Crippen LogP contribution is -2.41. The molecule has 0 fully saturated rings. The quantitative estimate of drug-likeness (QED) is 0.531. The van der Waals surface area contributed by atoms with Crippen LogP contribution >= 0.6 is 0 Å². The Morgan fingerprint density at radius 3 is 1.63 bits per heavy atom. The van der Waals surface area contributed by atoms with Gasteiger partial charge in [0.05, 0.1) is 0 Å². The number of hydrogen-bond acceptors (Lipinski definition) is 2. The van der Waals surface area contributed by atoms with Crippen LogP contribution in [0.4, 0.5) is 0 Å². The van der Waals surface area contributed by atoms with Gasteiger partial charge in [-0.2, -0.15) is 0 Å². The van der Waals surface area contributed by atoms with Crippen LogP contribution in [0.2, 0.25) is 0 Å². The Morgan fingerprint density at radius 2 is 1.37 bits per heavy atom. The molecule has 0 aliphatic rings. The second kappa shape index (κ2) is 9.28. The molecule has 0 aromatic carbocycles. The minimum absolute atomic E-state index is 0.0758. The lowest BCUT2D eigenvalue weighted by molar-refractivity contribution is -0.139. The molecule has 112 valence electrons. The van der Waals surface area contributed by atoms with Crippen LogP contribution in [0.5, 0.6) is 0 Å². The van der Waals surface area contributed by atoms with E-state index >= 15 is 0 Å². The highest BCUT2D eigenvalue weighted by Gasteiger charge is 2.43. The summed E-state index contributed by atoms with van der Waals surface area (Å²) < 4.78 is 0. The Morgan fingerprint density at radius 1 is 0.895 bits per heavy atom. The average Bonchev–Trinajstić information content (AvgIpc) is 2.36. The number of carbonyl (C=O) groups is 2. The Bertz CT molecular complexity index is 273. The molecule has 0 bridgehead atoms. The molecule has 0 saturated carbocycles. The molecule has 0 spiro atoms. The van der Waals surface area contributed by atoms with Crippen molar-refractivity contribution in [2.45, 2.75) is 86.0 Å². The molecule has 1 unspecified atom stereocenters. The van der Waals surface area contributed by atoms with E-state index in [2.05, 4.69) is 20.8 Å². The molecular formula is C17H32O2. The fraction of sp³-hybridized carbons (Fsp3) is 0.882. The van der Waals surface area contributed by atoms with Crippen molar-refractivity contribution in [1.29, 1.82) is 0 Å². The maximum Gasteiger partial charge on any atom is 0.136 e. The highest BCUT2D eigenvalue weighted by Crippen LogP contribution is 2.42. The average molecular weight is 268 g/mol. The molecule has 0 rings (SSSR count). The maximum absolute atomic E-state index is 12.3. The van der Waals surface area contributed by atoms with Crippen LogP contribution < -0.4 is 0 Å². The molecule has 0 aromatic rings. The van der Waals surface area contributed by atoms with E-state index in [9.17, 15) is 9.59 Å². The SMILES string of the molecule is CCCCC(CCCC)(C(C)=O)C(CCC)C(C)=O. The van der Waals surface area contributed by atoms with Gasteiger partial charge < -0.3 is 0 Å². The fourth-order valence-corrected chi connectivity index (χ4v) is 3.21. The monoisotopic (exact) mass is 268 g/mol. The van der Waals surface area contributed by atoms with Crippen LogP contribution in [0.15, 0.2) is 0 Å². The minimum atomic E-state index is -0.395. The summed E-state index contributed by atoms with van der Waals surface area (Å²) >= 11 is 0. The minimum Gasteiger partial charge on any atom is -0.300 e. The number of unbranched alkanes of at least 4 members (excludes halogenated alkanes) is 2. The van der Waals surface area contributed by atoms with E-state index in [-0.39, 0.29) is 17.5 Å². The van der Waals surface area contributed by atoms with Gasteiger partial charge in [0, 0.05) is 11.3 Å². The van der Waals surface area contributed by atoms with Crippen LogP contribution in [0.1, 0.15) is 86.0 Å². The first-order chi connectivity index (χ1) is 8.96. The zero-order valence-electron chi connectivity index (χ0n) is 13.6. The molecule has 1 atom stereocenters. The van der Waals surface area contributed by atoms with E-state index in [1.165, 1.54) is 0 Å². The summed E-state index contributed by atoms with van der Waals surface area (Å²) in [5, 5.41) is 0. The van der Waals surface area contributed by atoms with E-state index in [4.69, 9.17) is 0 Å². The zero-order chi connectivity index (χ0) is 14.9. The van der Waals surface area contributed by atoms with Crippen molar-refractivity contribution in [1.82, 2.24) is 0 Å². The number of hydrogen-bond donors (Lipinski definition) is 0. The van der Waals surface area contributed by atoms with Gasteiger partial charge in [-0.25, -0.2) is 0 Å². The molecule has 19 heavy (non-hydrogen) atoms. The highest BCUT2D eigenvalue weighted by molar-refractivity contribution is 5.90. The number of Topliss-reactive ketones (excluding diaryl/α,β-unsaturated/α-hetero) is 2. The van der Waals surface area contributed by atoms with Crippen molar-refractivity contribution in [2.24, 2.45) is 11.3 Å². The summed E-state index contributed by atoms with van der Waals surface area (Å²) in [6.45, 7) is 9.74. The van der Waals surface area contributed by atoms with Crippen molar-refractivity contribution in [3.05, 3.63) is 0 Å². The summed E-state index contributed by atoms with van der Waals surface area (Å²) in [6, 6.07) is 0. The van der Waals surface area contributed by atoms with Crippen molar-refractivity contribution in [3.8, 4) is 0 Å². The van der Waals surface area contributed by atoms with E-state index in [0.717, 1.165) is 51.4 Å². The van der Waals surface area contributed by atoms with Gasteiger partial charge in [-0.1, -0.05) is 52.9 Å². The van der Waals surface area contributed by atoms with Crippen molar-refractivity contribution < 1.29 is 9.59 Å². The predicted molar refractivity (Wildman–Crippen MR) is 81.2 cm³/mol. The van der Waals surface area contributed by atoms with Gasteiger partial charge in [0.15, 0.2) is 0 Å². The largest absolute Gasteiger partial charge is 0.300 e. The molecule has 0 N–H and O–H groups in total. The van der Waals surface area contributed by atoms with Gasteiger partial charge in [-0.15, -0.1) is 0 Å². The van der Waals surface area contributed by atoms with Crippen molar-refractivity contribution in [2.75, 3.05) is 0 Å². The predicted octanol–water partition coefficient (Wildman–Crippen LogP) is 4.95. The molecule has 0 saturated heterocycles. The summed E-state index contributed by atoms with van der Waals surface area (Å²) in [6.07, 6.45) is 7.81. The number of carbonyl (C=O) groups excluding carboxylic acids is 2. The molecule has 0 aromatic heterocycles. The van der Waals surface area contributed by atoms with Crippen molar-refractivity contribution in [3.63, 3.8) is 0 Å². The smallest absolute Gasteiger partial charge is 0.136 e. The summed E-state index contributed by atoms with van der Waals surface area (Å²) in [5.41, 5.74) is -0.395. The second-order valence-corrected chi connectivity index (χ2v) is 5.87. The summed E-state index contributed by atoms with van der Waals surface area (Å²) in [5.74, 6) is 0.348. The molecule has 0 aliphatic heterocycles. The molecular weight excluding hydrogens is 236 g/mol. The van der Waals surface area contributed by atoms with Crippen LogP contribution in [0.3, 0.4) is 0 Å². The number of rotatable bonds is 11. The first-order valence-electron chi connectivity index (χ1n) is 7.97. The Balaban J connectivity index is 5.35. The fourth-order valence-electron chi connectivity index (χ4n) is 3.21. The summed E-state index contributed by atoms with van der Waals surface area (Å²) in [4.78, 5) is 24.4. The third kappa shape index (κ3) is 5.08. The standard InChI is InChI=1S/C17H32O2/c1-6-9-12-17(15(5)19,13-10-7-2)16(11-8-3)14(4)18/h16H,6-13H2,1-5H3. The molecule has 0 aliphatic carbocycles. The van der Waals surface area contributed by atoms with Gasteiger partial charge in [0.2, 0.25) is 0 Å². The normalized spacial score (nSPS) is 13.3. The van der Waals surface area contributed by atoms with Gasteiger partial charge in [0.25, 0.3) is 0 Å². The van der Waals surface area contributed by atoms with E-state index < -0.39 is 5.41 Å². The van der Waals surface area contributed by atoms with Gasteiger partial charge in [-0.3, -0.25) is 9.59 Å². The first-order valence-corrected chi connectivity index (χ1v) is 7.97. The third-order valence-electron chi connectivity index (χ3n) is 4.39. The third-order valence-corrected chi connectivity index (χ3v) is 4.39. The Kier molecular flexibility index (Phi) is 8.95. The van der Waals surface area contributed by atoms with E-state index in [1.807, 2.05) is 0 Å². The highest BCUT2D eigenvalue weighted by atomic mass is 16.1. The van der Waals surface area contributed by atoms with Crippen LogP contribution in [-0.2, 0) is 9.59 Å². The molecule has 0 heterocycles. The molecule has 2 heteroatoms. The van der Waals surface area contributed by atoms with Crippen LogP contribution in [-0.4, -0.2) is 11.6 Å². The number of ketones is 2. The molecule has 0 radical (unpaired) electrons. The second-order valence-electron chi connectivity index (χ2n) is 5.87. The first kappa shape index (κ1) is 18.3. The topological polar surface area (TPSA) is 34.1 Å². The Hall–Kier alpha value is -0.660. The lowest BCUT2D eigenvalue weighted by atomic mass is 9.63. The lowest BCUT2D eigenvalue weighted by Gasteiger charge is -2.38.